The minimum Gasteiger partial charge on any atom is -0.505 e. The first-order valence-electron chi connectivity index (χ1n) is 10.9. The third-order valence-corrected chi connectivity index (χ3v) is 5.84. The number of para-hydroxylation sites is 1. The summed E-state index contributed by atoms with van der Waals surface area (Å²) in [6.07, 6.45) is 0. The Balaban J connectivity index is 0.00000190. The summed E-state index contributed by atoms with van der Waals surface area (Å²) in [5.74, 6) is 0.174. The average Bonchev–Trinajstić information content (AvgIpc) is 3.49. The van der Waals surface area contributed by atoms with Crippen LogP contribution >= 0.6 is 0 Å². The maximum atomic E-state index is 13.0. The quantitative estimate of drug-likeness (QED) is 0.214. The number of hydrazone groups is 2. The normalized spacial score (nSPS) is 13.7. The summed E-state index contributed by atoms with van der Waals surface area (Å²) in [5.41, 5.74) is 8.84. The number of amides is 1. The standard InChI is InChI=1S/C25H22N8O2.2Na/c1-14-10-11-19(12-15(14)2)33-25(35)22(16(3)30-33)27-26-21-9-5-8-20(23(21)34)17-6-4-7-18(13-17)24-28-31-32-29-24;;/h4-13,26,34H,1-3H3,(H,28,29,31,32);;. The summed E-state index contributed by atoms with van der Waals surface area (Å²) in [7, 11) is 0. The Kier molecular flexibility index (Phi) is 9.41. The fourth-order valence-electron chi connectivity index (χ4n) is 3.76. The number of carbonyl (C=O) groups excluding carboxylic acids is 1. The van der Waals surface area contributed by atoms with Crippen LogP contribution in [-0.2, 0) is 4.79 Å². The van der Waals surface area contributed by atoms with Crippen molar-refractivity contribution in [1.82, 2.24) is 20.6 Å². The third kappa shape index (κ3) is 5.85. The van der Waals surface area contributed by atoms with E-state index in [1.54, 1.807) is 25.1 Å². The van der Waals surface area contributed by atoms with Crippen LogP contribution in [0.1, 0.15) is 18.1 Å². The molecule has 1 aliphatic heterocycles. The molecule has 2 radical (unpaired) electrons. The molecule has 12 heteroatoms. The molecule has 37 heavy (non-hydrogen) atoms. The predicted molar refractivity (Wildman–Crippen MR) is 146 cm³/mol. The van der Waals surface area contributed by atoms with Crippen molar-refractivity contribution in [2.75, 3.05) is 10.4 Å². The van der Waals surface area contributed by atoms with Gasteiger partial charge in [0.05, 0.1) is 17.1 Å². The molecule has 0 aliphatic carbocycles. The topological polar surface area (TPSA) is 132 Å². The molecule has 0 spiro atoms. The Morgan fingerprint density at radius 3 is 2.43 bits per heavy atom. The molecular formula is C25H22N8Na2O2. The number of aromatic nitrogens is 4. The fraction of sp³-hybridized carbons (Fsp3) is 0.120. The van der Waals surface area contributed by atoms with Gasteiger partial charge in [-0.3, -0.25) is 10.2 Å². The van der Waals surface area contributed by atoms with Crippen LogP contribution in [0.4, 0.5) is 11.4 Å². The molecule has 1 amide bonds. The minimum absolute atomic E-state index is 0. The van der Waals surface area contributed by atoms with E-state index in [0.717, 1.165) is 22.3 Å². The maximum Gasteiger partial charge on any atom is 0.301 e. The number of carbonyl (C=O) groups is 1. The number of hydrogen-bond acceptors (Lipinski definition) is 8. The second-order valence-electron chi connectivity index (χ2n) is 8.18. The predicted octanol–water partition coefficient (Wildman–Crippen LogP) is 3.29. The molecule has 0 unspecified atom stereocenters. The molecule has 1 aromatic heterocycles. The Morgan fingerprint density at radius 1 is 0.946 bits per heavy atom. The molecule has 176 valence electrons. The number of phenolic OH excluding ortho intramolecular Hbond substituents is 1. The van der Waals surface area contributed by atoms with Crippen LogP contribution in [0.5, 0.6) is 5.75 Å². The van der Waals surface area contributed by atoms with Gasteiger partial charge in [0.1, 0.15) is 5.75 Å². The number of rotatable bonds is 5. The first kappa shape index (κ1) is 28.7. The number of phenols is 1. The SMILES string of the molecule is CC1=NN(c2ccc(C)c(C)c2)C(=O)C1=NNc1cccc(-c2cccc(-c3nnn[nH]3)c2)c1O.[Na].[Na]. The zero-order valence-corrected chi connectivity index (χ0v) is 25.3. The first-order chi connectivity index (χ1) is 16.9. The molecule has 0 saturated carbocycles. The van der Waals surface area contributed by atoms with E-state index in [1.165, 1.54) is 5.01 Å². The maximum absolute atomic E-state index is 13.0. The zero-order chi connectivity index (χ0) is 24.5. The number of tetrazole rings is 1. The smallest absolute Gasteiger partial charge is 0.301 e. The van der Waals surface area contributed by atoms with Gasteiger partial charge in [-0.25, -0.2) is 5.10 Å². The Hall–Kier alpha value is -2.86. The van der Waals surface area contributed by atoms with Gasteiger partial charge in [-0.2, -0.15) is 15.2 Å². The van der Waals surface area contributed by atoms with Gasteiger partial charge in [-0.05, 0) is 72.2 Å². The second-order valence-corrected chi connectivity index (χ2v) is 8.18. The van der Waals surface area contributed by atoms with Crippen molar-refractivity contribution in [3.8, 4) is 28.3 Å². The van der Waals surface area contributed by atoms with E-state index in [4.69, 9.17) is 0 Å². The van der Waals surface area contributed by atoms with Crippen LogP contribution in [0.25, 0.3) is 22.5 Å². The van der Waals surface area contributed by atoms with E-state index >= 15 is 0 Å². The largest absolute Gasteiger partial charge is 0.505 e. The van der Waals surface area contributed by atoms with Gasteiger partial charge in [0, 0.05) is 70.2 Å². The number of benzene rings is 3. The molecular weight excluding hydrogens is 490 g/mol. The molecule has 10 nitrogen and oxygen atoms in total. The van der Waals surface area contributed by atoms with Gasteiger partial charge >= 0.3 is 5.91 Å². The van der Waals surface area contributed by atoms with Crippen LogP contribution in [0.15, 0.2) is 70.9 Å². The zero-order valence-electron chi connectivity index (χ0n) is 21.3. The number of nitrogens with one attached hydrogen (secondary N) is 2. The van der Waals surface area contributed by atoms with Crippen LogP contribution in [0.2, 0.25) is 0 Å². The fourth-order valence-corrected chi connectivity index (χ4v) is 3.76. The molecule has 1 aliphatic rings. The van der Waals surface area contributed by atoms with Crippen molar-refractivity contribution in [2.45, 2.75) is 20.8 Å². The summed E-state index contributed by atoms with van der Waals surface area (Å²) in [5, 5.41) is 34.8. The molecule has 4 aromatic rings. The summed E-state index contributed by atoms with van der Waals surface area (Å²) >= 11 is 0. The van der Waals surface area contributed by atoms with Crippen molar-refractivity contribution in [3.05, 3.63) is 71.8 Å². The Morgan fingerprint density at radius 2 is 1.70 bits per heavy atom. The molecule has 0 atom stereocenters. The molecule has 3 aromatic carbocycles. The van der Waals surface area contributed by atoms with Crippen molar-refractivity contribution >= 4 is 87.8 Å². The number of H-pyrrole nitrogens is 1. The number of anilines is 2. The first-order valence-corrected chi connectivity index (χ1v) is 10.9. The van der Waals surface area contributed by atoms with Gasteiger partial charge in [-0.1, -0.05) is 36.4 Å². The number of aromatic amines is 1. The molecule has 3 N–H and O–H groups in total. The third-order valence-electron chi connectivity index (χ3n) is 5.84. The van der Waals surface area contributed by atoms with Crippen molar-refractivity contribution in [2.24, 2.45) is 10.2 Å². The van der Waals surface area contributed by atoms with E-state index in [0.29, 0.717) is 28.5 Å². The molecule has 0 saturated heterocycles. The summed E-state index contributed by atoms with van der Waals surface area (Å²) in [6.45, 7) is 5.72. The van der Waals surface area contributed by atoms with Gasteiger partial charge in [0.25, 0.3) is 0 Å². The summed E-state index contributed by atoms with van der Waals surface area (Å²) in [6, 6.07) is 18.4. The van der Waals surface area contributed by atoms with E-state index < -0.39 is 0 Å². The monoisotopic (exact) mass is 512 g/mol. The van der Waals surface area contributed by atoms with Crippen LogP contribution in [0.3, 0.4) is 0 Å². The van der Waals surface area contributed by atoms with Gasteiger partial charge < -0.3 is 5.11 Å². The Labute approximate surface area is 257 Å². The molecule has 2 heterocycles. The number of aromatic hydroxyl groups is 1. The summed E-state index contributed by atoms with van der Waals surface area (Å²) < 4.78 is 0. The summed E-state index contributed by atoms with van der Waals surface area (Å²) in [4.78, 5) is 13.0. The van der Waals surface area contributed by atoms with Crippen LogP contribution < -0.4 is 10.4 Å². The van der Waals surface area contributed by atoms with Crippen molar-refractivity contribution in [3.63, 3.8) is 0 Å². The Bertz CT molecular complexity index is 1500. The van der Waals surface area contributed by atoms with E-state index in [2.05, 4.69) is 36.3 Å². The molecule has 5 rings (SSSR count). The van der Waals surface area contributed by atoms with Crippen LogP contribution in [0, 0.1) is 13.8 Å². The molecule has 0 fully saturated rings. The number of aryl methyl sites for hydroxylation is 2. The van der Waals surface area contributed by atoms with E-state index in [1.807, 2.05) is 56.3 Å². The minimum atomic E-state index is -0.345. The second kappa shape index (κ2) is 12.1. The van der Waals surface area contributed by atoms with E-state index in [9.17, 15) is 9.90 Å². The van der Waals surface area contributed by atoms with E-state index in [-0.39, 0.29) is 76.5 Å². The number of nitrogens with zero attached hydrogens (tertiary/aromatic N) is 6. The number of hydrogen-bond donors (Lipinski definition) is 3. The van der Waals surface area contributed by atoms with Crippen LogP contribution in [-0.4, -0.2) is 102 Å². The van der Waals surface area contributed by atoms with Gasteiger partial charge in [0.15, 0.2) is 11.5 Å². The van der Waals surface area contributed by atoms with Crippen molar-refractivity contribution < 1.29 is 9.90 Å². The van der Waals surface area contributed by atoms with Gasteiger partial charge in [0.2, 0.25) is 0 Å². The average molecular weight is 512 g/mol. The molecule has 0 bridgehead atoms. The van der Waals surface area contributed by atoms with Gasteiger partial charge in [-0.15, -0.1) is 5.10 Å². The van der Waals surface area contributed by atoms with Crippen molar-refractivity contribution in [1.29, 1.82) is 0 Å².